The van der Waals surface area contributed by atoms with Gasteiger partial charge in [0.1, 0.15) is 0 Å². The third-order valence-corrected chi connectivity index (χ3v) is 5.03. The Morgan fingerprint density at radius 1 is 1.10 bits per heavy atom. The smallest absolute Gasteiger partial charge is 0.290 e. The van der Waals surface area contributed by atoms with E-state index >= 15 is 0 Å². The minimum absolute atomic E-state index is 0.180. The minimum atomic E-state index is -0.425. The summed E-state index contributed by atoms with van der Waals surface area (Å²) in [4.78, 5) is 35.6. The molecule has 2 aromatic carbocycles. The molecule has 0 radical (unpaired) electrons. The molecule has 1 aliphatic heterocycles. The maximum atomic E-state index is 12.3. The molecule has 0 spiro atoms. The summed E-state index contributed by atoms with van der Waals surface area (Å²) in [5.41, 5.74) is 3.51. The van der Waals surface area contributed by atoms with Crippen molar-refractivity contribution in [1.82, 2.24) is 5.32 Å². The van der Waals surface area contributed by atoms with E-state index in [0.717, 1.165) is 28.6 Å². The van der Waals surface area contributed by atoms with Crippen molar-refractivity contribution in [2.75, 3.05) is 18.5 Å². The van der Waals surface area contributed by atoms with Gasteiger partial charge in [-0.2, -0.15) is 0 Å². The van der Waals surface area contributed by atoms with Crippen LogP contribution in [0.4, 0.5) is 10.5 Å². The van der Waals surface area contributed by atoms with Crippen LogP contribution in [0.25, 0.3) is 6.08 Å². The Labute approximate surface area is 178 Å². The number of amides is 3. The molecule has 0 unspecified atom stereocenters. The van der Waals surface area contributed by atoms with Crippen LogP contribution in [0.2, 0.25) is 0 Å². The normalized spacial score (nSPS) is 14.6. The maximum Gasteiger partial charge on any atom is 0.290 e. The molecule has 2 N–H and O–H groups in total. The van der Waals surface area contributed by atoms with Crippen molar-refractivity contribution < 1.29 is 23.9 Å². The van der Waals surface area contributed by atoms with Crippen molar-refractivity contribution >= 4 is 40.6 Å². The molecule has 0 saturated carbocycles. The summed E-state index contributed by atoms with van der Waals surface area (Å²) in [5, 5.41) is 4.65. The summed E-state index contributed by atoms with van der Waals surface area (Å²) >= 11 is 0.845. The first-order valence-corrected chi connectivity index (χ1v) is 10.2. The number of hydrogen-bond donors (Lipinski definition) is 2. The molecular weight excluding hydrogens is 404 g/mol. The number of thioether (sulfide) groups is 1. The Bertz CT molecular complexity index is 1030. The topological polar surface area (TPSA) is 93.7 Å². The molecule has 8 heteroatoms. The number of anilines is 1. The molecule has 0 atom stereocenters. The SMILES string of the molecule is CCOc1cc(/C=C2\SC(=O)NC2=O)ccc1OCC(=O)Nc1ccc(C)cc1C. The van der Waals surface area contributed by atoms with Crippen LogP contribution in [0, 0.1) is 13.8 Å². The molecule has 2 aromatic rings. The molecule has 30 heavy (non-hydrogen) atoms. The summed E-state index contributed by atoms with van der Waals surface area (Å²) < 4.78 is 11.3. The zero-order valence-electron chi connectivity index (χ0n) is 16.9. The fourth-order valence-electron chi connectivity index (χ4n) is 2.86. The number of rotatable bonds is 7. The van der Waals surface area contributed by atoms with E-state index in [2.05, 4.69) is 10.6 Å². The van der Waals surface area contributed by atoms with E-state index < -0.39 is 11.1 Å². The van der Waals surface area contributed by atoms with Gasteiger partial charge in [0, 0.05) is 5.69 Å². The molecular formula is C22H22N2O5S. The van der Waals surface area contributed by atoms with Gasteiger partial charge in [0.25, 0.3) is 17.1 Å². The van der Waals surface area contributed by atoms with Gasteiger partial charge in [0.05, 0.1) is 11.5 Å². The van der Waals surface area contributed by atoms with Crippen molar-refractivity contribution in [1.29, 1.82) is 0 Å². The van der Waals surface area contributed by atoms with E-state index in [1.54, 1.807) is 24.3 Å². The number of carbonyl (C=O) groups is 3. The first-order chi connectivity index (χ1) is 14.4. The van der Waals surface area contributed by atoms with E-state index in [-0.39, 0.29) is 12.5 Å². The van der Waals surface area contributed by atoms with Crippen LogP contribution in [-0.4, -0.2) is 30.3 Å². The molecule has 1 fully saturated rings. The second-order valence-electron chi connectivity index (χ2n) is 6.65. The quantitative estimate of drug-likeness (QED) is 0.649. The van der Waals surface area contributed by atoms with Gasteiger partial charge in [-0.15, -0.1) is 0 Å². The van der Waals surface area contributed by atoms with Gasteiger partial charge in [-0.05, 0) is 67.9 Å². The number of benzene rings is 2. The van der Waals surface area contributed by atoms with Crippen molar-refractivity contribution in [2.24, 2.45) is 0 Å². The van der Waals surface area contributed by atoms with E-state index in [0.29, 0.717) is 28.6 Å². The maximum absolute atomic E-state index is 12.3. The van der Waals surface area contributed by atoms with Gasteiger partial charge in [0.2, 0.25) is 0 Å². The lowest BCUT2D eigenvalue weighted by molar-refractivity contribution is -0.118. The van der Waals surface area contributed by atoms with Gasteiger partial charge in [-0.1, -0.05) is 23.8 Å². The standard InChI is InChI=1S/C22H22N2O5S/c1-4-28-18-10-15(11-19-21(26)24-22(27)30-19)6-8-17(18)29-12-20(25)23-16-7-5-13(2)9-14(16)3/h5-11H,4,12H2,1-3H3,(H,23,25)(H,24,26,27)/b19-11-. The second-order valence-corrected chi connectivity index (χ2v) is 7.66. The van der Waals surface area contributed by atoms with Crippen molar-refractivity contribution in [3.8, 4) is 11.5 Å². The molecule has 0 bridgehead atoms. The predicted molar refractivity (Wildman–Crippen MR) is 117 cm³/mol. The fraction of sp³-hybridized carbons (Fsp3) is 0.227. The highest BCUT2D eigenvalue weighted by Crippen LogP contribution is 2.32. The Morgan fingerprint density at radius 2 is 1.90 bits per heavy atom. The second kappa shape index (κ2) is 9.49. The Hall–Kier alpha value is -3.26. The minimum Gasteiger partial charge on any atom is -0.490 e. The number of imide groups is 1. The van der Waals surface area contributed by atoms with Crippen LogP contribution >= 0.6 is 11.8 Å². The lowest BCUT2D eigenvalue weighted by Gasteiger charge is -2.13. The lowest BCUT2D eigenvalue weighted by atomic mass is 10.1. The van der Waals surface area contributed by atoms with Gasteiger partial charge in [-0.3, -0.25) is 19.7 Å². The van der Waals surface area contributed by atoms with Gasteiger partial charge < -0.3 is 14.8 Å². The first kappa shape index (κ1) is 21.4. The van der Waals surface area contributed by atoms with E-state index in [1.165, 1.54) is 0 Å². The number of aryl methyl sites for hydroxylation is 2. The van der Waals surface area contributed by atoms with Gasteiger partial charge >= 0.3 is 0 Å². The third kappa shape index (κ3) is 5.42. The molecule has 0 aliphatic carbocycles. The highest BCUT2D eigenvalue weighted by atomic mass is 32.2. The number of nitrogens with one attached hydrogen (secondary N) is 2. The van der Waals surface area contributed by atoms with Crippen LogP contribution in [0.3, 0.4) is 0 Å². The average Bonchev–Trinajstić information content (AvgIpc) is 3.00. The molecule has 7 nitrogen and oxygen atoms in total. The fourth-order valence-corrected chi connectivity index (χ4v) is 3.54. The third-order valence-electron chi connectivity index (χ3n) is 4.22. The summed E-state index contributed by atoms with van der Waals surface area (Å²) in [6.07, 6.45) is 1.60. The average molecular weight is 426 g/mol. The summed E-state index contributed by atoms with van der Waals surface area (Å²) in [6.45, 7) is 5.98. The Balaban J connectivity index is 1.69. The van der Waals surface area contributed by atoms with E-state index in [4.69, 9.17) is 9.47 Å². The molecule has 3 rings (SSSR count). The van der Waals surface area contributed by atoms with Crippen molar-refractivity contribution in [3.63, 3.8) is 0 Å². The summed E-state index contributed by atoms with van der Waals surface area (Å²) in [5.74, 6) is 0.148. The van der Waals surface area contributed by atoms with Crippen molar-refractivity contribution in [2.45, 2.75) is 20.8 Å². The van der Waals surface area contributed by atoms with Crippen LogP contribution in [0.5, 0.6) is 11.5 Å². The molecule has 3 amide bonds. The largest absolute Gasteiger partial charge is 0.490 e. The highest BCUT2D eigenvalue weighted by Gasteiger charge is 2.25. The molecule has 1 saturated heterocycles. The van der Waals surface area contributed by atoms with Crippen LogP contribution in [-0.2, 0) is 9.59 Å². The van der Waals surface area contributed by atoms with Crippen LogP contribution in [0.15, 0.2) is 41.3 Å². The summed E-state index contributed by atoms with van der Waals surface area (Å²) in [7, 11) is 0. The zero-order valence-corrected chi connectivity index (χ0v) is 17.7. The van der Waals surface area contributed by atoms with E-state index in [9.17, 15) is 14.4 Å². The van der Waals surface area contributed by atoms with E-state index in [1.807, 2.05) is 39.0 Å². The Kier molecular flexibility index (Phi) is 6.79. The molecule has 0 aromatic heterocycles. The molecule has 156 valence electrons. The van der Waals surface area contributed by atoms with Crippen LogP contribution < -0.4 is 20.1 Å². The number of hydrogen-bond acceptors (Lipinski definition) is 6. The summed E-state index contributed by atoms with van der Waals surface area (Å²) in [6, 6.07) is 10.9. The lowest BCUT2D eigenvalue weighted by Crippen LogP contribution is -2.21. The van der Waals surface area contributed by atoms with Crippen molar-refractivity contribution in [3.05, 3.63) is 58.0 Å². The monoisotopic (exact) mass is 426 g/mol. The number of ether oxygens (including phenoxy) is 2. The number of carbonyl (C=O) groups excluding carboxylic acids is 3. The highest BCUT2D eigenvalue weighted by molar-refractivity contribution is 8.18. The first-order valence-electron chi connectivity index (χ1n) is 9.37. The van der Waals surface area contributed by atoms with Gasteiger partial charge in [-0.25, -0.2) is 0 Å². The predicted octanol–water partition coefficient (Wildman–Crippen LogP) is 4.04. The Morgan fingerprint density at radius 3 is 2.57 bits per heavy atom. The molecule has 1 heterocycles. The zero-order chi connectivity index (χ0) is 21.7. The van der Waals surface area contributed by atoms with Crippen LogP contribution in [0.1, 0.15) is 23.6 Å². The van der Waals surface area contributed by atoms with Gasteiger partial charge in [0.15, 0.2) is 18.1 Å². The molecule has 1 aliphatic rings.